The SMILES string of the molecule is CCC(CCC(CC)C(=O)N[B]C1CCCCCCC1)NC(=O)COC. The van der Waals surface area contributed by atoms with Crippen molar-refractivity contribution in [1.82, 2.24) is 10.5 Å². The Morgan fingerprint density at radius 3 is 2.27 bits per heavy atom. The number of hydrogen-bond donors (Lipinski definition) is 2. The summed E-state index contributed by atoms with van der Waals surface area (Å²) in [4.78, 5) is 24.2. The normalized spacial score (nSPS) is 18.3. The number of amides is 2. The molecule has 0 aromatic heterocycles. The van der Waals surface area contributed by atoms with Gasteiger partial charge in [0.05, 0.1) is 0 Å². The second kappa shape index (κ2) is 14.1. The van der Waals surface area contributed by atoms with Crippen molar-refractivity contribution in [3.05, 3.63) is 0 Å². The van der Waals surface area contributed by atoms with E-state index >= 15 is 0 Å². The lowest BCUT2D eigenvalue weighted by molar-refractivity contribution is -0.125. The zero-order valence-electron chi connectivity index (χ0n) is 17.0. The highest BCUT2D eigenvalue weighted by Gasteiger charge is 2.21. The Bertz CT molecular complexity index is 399. The molecular weight excluding hydrogens is 327 g/mol. The molecule has 0 bridgehead atoms. The van der Waals surface area contributed by atoms with E-state index in [0.29, 0.717) is 5.82 Å². The van der Waals surface area contributed by atoms with Gasteiger partial charge in [0, 0.05) is 19.1 Å². The van der Waals surface area contributed by atoms with Crippen LogP contribution < -0.4 is 10.5 Å². The van der Waals surface area contributed by atoms with Crippen LogP contribution in [0.25, 0.3) is 0 Å². The Kier molecular flexibility index (Phi) is 12.5. The number of methoxy groups -OCH3 is 1. The summed E-state index contributed by atoms with van der Waals surface area (Å²) >= 11 is 0. The minimum Gasteiger partial charge on any atom is -0.403 e. The van der Waals surface area contributed by atoms with Gasteiger partial charge in [0.25, 0.3) is 0 Å². The lowest BCUT2D eigenvalue weighted by Crippen LogP contribution is -2.39. The van der Waals surface area contributed by atoms with Crippen LogP contribution in [0, 0.1) is 5.92 Å². The summed E-state index contributed by atoms with van der Waals surface area (Å²) in [6.45, 7) is 4.20. The smallest absolute Gasteiger partial charge is 0.249 e. The summed E-state index contributed by atoms with van der Waals surface area (Å²) < 4.78 is 4.86. The standard InChI is InChI=1S/C20H38BN2O3/c1-4-16(13-14-18(5-2)22-19(24)15-26-3)20(25)23-21-17-11-9-7-6-8-10-12-17/h16-18H,4-15H2,1-3H3,(H,22,24)(H,23,25). The van der Waals surface area contributed by atoms with E-state index in [1.807, 2.05) is 7.41 Å². The fourth-order valence-corrected chi connectivity index (χ4v) is 3.67. The third-order valence-electron chi connectivity index (χ3n) is 5.47. The fraction of sp³-hybridized carbons (Fsp3) is 0.900. The summed E-state index contributed by atoms with van der Waals surface area (Å²) in [5.74, 6) is 0.573. The van der Waals surface area contributed by atoms with Crippen LogP contribution in [0.4, 0.5) is 0 Å². The molecule has 0 aromatic rings. The fourth-order valence-electron chi connectivity index (χ4n) is 3.67. The minimum absolute atomic E-state index is 0.00758. The molecule has 6 heteroatoms. The zero-order valence-corrected chi connectivity index (χ0v) is 17.0. The Morgan fingerprint density at radius 2 is 1.69 bits per heavy atom. The van der Waals surface area contributed by atoms with Gasteiger partial charge in [-0.25, -0.2) is 0 Å². The molecule has 149 valence electrons. The number of carbonyl (C=O) groups is 2. The van der Waals surface area contributed by atoms with Gasteiger partial charge in [0.1, 0.15) is 6.61 Å². The van der Waals surface area contributed by atoms with Crippen LogP contribution >= 0.6 is 0 Å². The van der Waals surface area contributed by atoms with Crippen LogP contribution in [0.5, 0.6) is 0 Å². The molecule has 26 heavy (non-hydrogen) atoms. The van der Waals surface area contributed by atoms with Crippen LogP contribution in [0.3, 0.4) is 0 Å². The first-order valence-electron chi connectivity index (χ1n) is 10.5. The molecule has 0 heterocycles. The molecule has 2 atom stereocenters. The monoisotopic (exact) mass is 365 g/mol. The van der Waals surface area contributed by atoms with E-state index in [9.17, 15) is 9.59 Å². The van der Waals surface area contributed by atoms with Crippen LogP contribution in [0.15, 0.2) is 0 Å². The molecule has 2 N–H and O–H groups in total. The second-order valence-electron chi connectivity index (χ2n) is 7.57. The van der Waals surface area contributed by atoms with E-state index in [1.165, 1.54) is 52.1 Å². The number of rotatable bonds is 11. The largest absolute Gasteiger partial charge is 0.403 e. The number of nitrogens with one attached hydrogen (secondary N) is 2. The molecule has 1 aliphatic rings. The number of hydrogen-bond acceptors (Lipinski definition) is 3. The zero-order chi connectivity index (χ0) is 19.2. The molecule has 0 spiro atoms. The topological polar surface area (TPSA) is 67.4 Å². The second-order valence-corrected chi connectivity index (χ2v) is 7.57. The predicted octanol–water partition coefficient (Wildman–Crippen LogP) is 3.60. The van der Waals surface area contributed by atoms with Crippen LogP contribution in [-0.4, -0.2) is 39.0 Å². The van der Waals surface area contributed by atoms with Gasteiger partial charge < -0.3 is 15.3 Å². The molecule has 1 radical (unpaired) electrons. The number of ether oxygens (including phenoxy) is 1. The molecule has 2 unspecified atom stereocenters. The molecule has 5 nitrogen and oxygen atoms in total. The van der Waals surface area contributed by atoms with Crippen molar-refractivity contribution >= 4 is 19.2 Å². The van der Waals surface area contributed by atoms with E-state index in [2.05, 4.69) is 24.4 Å². The molecule has 0 saturated heterocycles. The minimum atomic E-state index is -0.0885. The lowest BCUT2D eigenvalue weighted by atomic mass is 9.68. The van der Waals surface area contributed by atoms with Crippen molar-refractivity contribution in [3.63, 3.8) is 0 Å². The van der Waals surface area contributed by atoms with Crippen molar-refractivity contribution in [2.45, 2.75) is 96.3 Å². The predicted molar refractivity (Wildman–Crippen MR) is 107 cm³/mol. The van der Waals surface area contributed by atoms with E-state index < -0.39 is 0 Å². The number of carbonyl (C=O) groups excluding carboxylic acids is 2. The first kappa shape index (κ1) is 23.0. The summed E-state index contributed by atoms with van der Waals surface area (Å²) in [6, 6.07) is 0.106. The van der Waals surface area contributed by atoms with Gasteiger partial charge in [-0.1, -0.05) is 58.8 Å². The third-order valence-corrected chi connectivity index (χ3v) is 5.47. The van der Waals surface area contributed by atoms with Crippen molar-refractivity contribution in [2.75, 3.05) is 13.7 Å². The quantitative estimate of drug-likeness (QED) is 0.550. The molecule has 1 aliphatic carbocycles. The lowest BCUT2D eigenvalue weighted by Gasteiger charge is -2.22. The maximum Gasteiger partial charge on any atom is 0.249 e. The third kappa shape index (κ3) is 9.60. The molecule has 1 fully saturated rings. The van der Waals surface area contributed by atoms with E-state index in [0.717, 1.165) is 25.7 Å². The first-order chi connectivity index (χ1) is 12.6. The van der Waals surface area contributed by atoms with Gasteiger partial charge in [-0.3, -0.25) is 9.59 Å². The molecule has 0 aromatic carbocycles. The van der Waals surface area contributed by atoms with Crippen molar-refractivity contribution < 1.29 is 14.3 Å². The van der Waals surface area contributed by atoms with E-state index in [-0.39, 0.29) is 30.4 Å². The Morgan fingerprint density at radius 1 is 1.04 bits per heavy atom. The highest BCUT2D eigenvalue weighted by atomic mass is 16.5. The average Bonchev–Trinajstić information content (AvgIpc) is 2.60. The van der Waals surface area contributed by atoms with Crippen LogP contribution in [0.1, 0.15) is 84.5 Å². The highest BCUT2D eigenvalue weighted by molar-refractivity contribution is 6.39. The summed E-state index contributed by atoms with van der Waals surface area (Å²) in [6.07, 6.45) is 12.2. The van der Waals surface area contributed by atoms with Crippen LogP contribution in [0.2, 0.25) is 5.82 Å². The average molecular weight is 365 g/mol. The maximum atomic E-state index is 12.5. The van der Waals surface area contributed by atoms with Crippen LogP contribution in [-0.2, 0) is 14.3 Å². The highest BCUT2D eigenvalue weighted by Crippen LogP contribution is 2.25. The van der Waals surface area contributed by atoms with Crippen molar-refractivity contribution in [3.8, 4) is 0 Å². The Hall–Kier alpha value is -1.04. The summed E-state index contributed by atoms with van der Waals surface area (Å²) in [5, 5.41) is 6.06. The van der Waals surface area contributed by atoms with Gasteiger partial charge in [-0.15, -0.1) is 0 Å². The first-order valence-corrected chi connectivity index (χ1v) is 10.5. The maximum absolute atomic E-state index is 12.5. The van der Waals surface area contributed by atoms with E-state index in [1.54, 1.807) is 0 Å². The molecule has 1 saturated carbocycles. The van der Waals surface area contributed by atoms with Gasteiger partial charge in [0.15, 0.2) is 0 Å². The van der Waals surface area contributed by atoms with E-state index in [4.69, 9.17) is 4.74 Å². The van der Waals surface area contributed by atoms with Crippen molar-refractivity contribution in [2.24, 2.45) is 5.92 Å². The Labute approximate surface area is 160 Å². The molecular formula is C20H38BN2O3. The molecule has 2 amide bonds. The van der Waals surface area contributed by atoms with Gasteiger partial charge >= 0.3 is 0 Å². The van der Waals surface area contributed by atoms with Crippen molar-refractivity contribution in [1.29, 1.82) is 0 Å². The summed E-state index contributed by atoms with van der Waals surface area (Å²) in [7, 11) is 3.57. The molecule has 1 rings (SSSR count). The summed E-state index contributed by atoms with van der Waals surface area (Å²) in [5.41, 5.74) is 0. The van der Waals surface area contributed by atoms with Gasteiger partial charge in [-0.05, 0) is 31.5 Å². The van der Waals surface area contributed by atoms with Gasteiger partial charge in [0.2, 0.25) is 19.2 Å². The molecule has 0 aliphatic heterocycles. The van der Waals surface area contributed by atoms with Gasteiger partial charge in [-0.2, -0.15) is 0 Å². The Balaban J connectivity index is 2.35.